The molecule has 0 amide bonds. The average molecular weight is 477 g/mol. The van der Waals surface area contributed by atoms with E-state index in [2.05, 4.69) is 54.4 Å². The van der Waals surface area contributed by atoms with Crippen LogP contribution in [0.2, 0.25) is 0 Å². The topological polar surface area (TPSA) is 50.8 Å². The fourth-order valence-corrected chi connectivity index (χ4v) is 5.46. The zero-order valence-electron chi connectivity index (χ0n) is 20.5. The predicted molar refractivity (Wildman–Crippen MR) is 142 cm³/mol. The summed E-state index contributed by atoms with van der Waals surface area (Å²) in [4.78, 5) is 15.4. The van der Waals surface area contributed by atoms with Crippen LogP contribution in [0.1, 0.15) is 46.5 Å². The van der Waals surface area contributed by atoms with E-state index in [0.29, 0.717) is 23.6 Å². The Kier molecular flexibility index (Phi) is 5.41. The summed E-state index contributed by atoms with van der Waals surface area (Å²) in [5.74, 6) is 1.07. The maximum atomic E-state index is 13.0. The number of rotatable bonds is 6. The lowest BCUT2D eigenvalue weighted by molar-refractivity contribution is 0.0224. The van der Waals surface area contributed by atoms with E-state index >= 15 is 0 Å². The first-order chi connectivity index (χ1) is 17.7. The Morgan fingerprint density at radius 3 is 2.31 bits per heavy atom. The van der Waals surface area contributed by atoms with E-state index in [0.717, 1.165) is 35.5 Å². The van der Waals surface area contributed by atoms with Gasteiger partial charge in [-0.15, -0.1) is 0 Å². The molecule has 0 aromatic heterocycles. The van der Waals surface area contributed by atoms with Gasteiger partial charge in [-0.3, -0.25) is 0 Å². The molecule has 1 N–H and O–H groups in total. The molecule has 1 atom stereocenters. The van der Waals surface area contributed by atoms with E-state index < -0.39 is 5.60 Å². The van der Waals surface area contributed by atoms with Gasteiger partial charge in [0.15, 0.2) is 5.60 Å². The van der Waals surface area contributed by atoms with Gasteiger partial charge in [0.1, 0.15) is 11.5 Å². The maximum Gasteiger partial charge on any atom is 0.340 e. The van der Waals surface area contributed by atoms with Gasteiger partial charge in [-0.25, -0.2) is 4.79 Å². The number of carbonyl (C=O) groups is 1. The van der Waals surface area contributed by atoms with Crippen LogP contribution in [0, 0.1) is 0 Å². The number of nitrogens with zero attached hydrogens (tertiary/aromatic N) is 1. The molecule has 6 rings (SSSR count). The summed E-state index contributed by atoms with van der Waals surface area (Å²) in [6.07, 6.45) is 0. The van der Waals surface area contributed by atoms with Crippen molar-refractivity contribution >= 4 is 17.3 Å². The maximum absolute atomic E-state index is 13.0. The van der Waals surface area contributed by atoms with Gasteiger partial charge in [0.25, 0.3) is 0 Å². The summed E-state index contributed by atoms with van der Waals surface area (Å²) in [6.45, 7) is 6.93. The fourth-order valence-electron chi connectivity index (χ4n) is 5.46. The largest absolute Gasteiger partial charge is 0.456 e. The smallest absolute Gasteiger partial charge is 0.340 e. The number of anilines is 2. The zero-order valence-corrected chi connectivity index (χ0v) is 20.5. The number of hydrogen-bond acceptors (Lipinski definition) is 5. The van der Waals surface area contributed by atoms with Gasteiger partial charge < -0.3 is 19.7 Å². The Balaban J connectivity index is 1.42. The number of para-hydroxylation sites is 2. The Bertz CT molecular complexity index is 1460. The third kappa shape index (κ3) is 3.34. The van der Waals surface area contributed by atoms with Crippen LogP contribution >= 0.6 is 0 Å². The Labute approximate surface area is 211 Å². The summed E-state index contributed by atoms with van der Waals surface area (Å²) >= 11 is 0. The van der Waals surface area contributed by atoms with Gasteiger partial charge in [-0.05, 0) is 55.8 Å². The average Bonchev–Trinajstić information content (AvgIpc) is 3.22. The van der Waals surface area contributed by atoms with Crippen LogP contribution in [0.5, 0.6) is 11.5 Å². The highest BCUT2D eigenvalue weighted by molar-refractivity contribution is 5.97. The van der Waals surface area contributed by atoms with Crippen molar-refractivity contribution in [2.45, 2.75) is 26.0 Å². The zero-order chi connectivity index (χ0) is 24.7. The van der Waals surface area contributed by atoms with Crippen molar-refractivity contribution in [3.8, 4) is 11.5 Å². The van der Waals surface area contributed by atoms with Crippen LogP contribution in [0.4, 0.5) is 11.4 Å². The molecule has 0 saturated heterocycles. The molecule has 2 aliphatic rings. The number of ether oxygens (including phenoxy) is 2. The molecule has 2 heterocycles. The second-order valence-electron chi connectivity index (χ2n) is 9.08. The number of esters is 1. The van der Waals surface area contributed by atoms with Crippen molar-refractivity contribution in [1.82, 2.24) is 0 Å². The Morgan fingerprint density at radius 2 is 1.47 bits per heavy atom. The van der Waals surface area contributed by atoms with Crippen LogP contribution in [0.3, 0.4) is 0 Å². The third-order valence-corrected chi connectivity index (χ3v) is 7.20. The van der Waals surface area contributed by atoms with Crippen molar-refractivity contribution in [2.24, 2.45) is 0 Å². The molecule has 36 heavy (non-hydrogen) atoms. The van der Waals surface area contributed by atoms with Gasteiger partial charge in [-0.1, -0.05) is 54.6 Å². The van der Waals surface area contributed by atoms with Gasteiger partial charge in [0, 0.05) is 47.7 Å². The van der Waals surface area contributed by atoms with Crippen LogP contribution in [0.25, 0.3) is 0 Å². The molecular formula is C31H28N2O3. The lowest BCUT2D eigenvalue weighted by Gasteiger charge is -2.36. The van der Waals surface area contributed by atoms with Crippen molar-refractivity contribution < 1.29 is 14.3 Å². The summed E-state index contributed by atoms with van der Waals surface area (Å²) in [7, 11) is 0. The van der Waals surface area contributed by atoms with Crippen molar-refractivity contribution in [1.29, 1.82) is 0 Å². The fraction of sp³-hybridized carbons (Fsp3) is 0.194. The van der Waals surface area contributed by atoms with Gasteiger partial charge >= 0.3 is 5.97 Å². The van der Waals surface area contributed by atoms with E-state index in [9.17, 15) is 4.79 Å². The molecule has 4 aromatic carbocycles. The standard InChI is InChI=1S/C31H28N2O3/c1-3-33(4-2)27-15-9-5-11-21(27)20-32-22-17-18-29-26(19-22)31(25-14-8-10-16-28(25)35-29)24-13-7-6-12-23(24)30(34)36-31/h5-19,32H,3-4,20H2,1-2H3. The number of nitrogens with one attached hydrogen (secondary N) is 1. The number of hydrogen-bond donors (Lipinski definition) is 1. The van der Waals surface area contributed by atoms with Crippen LogP contribution in [0.15, 0.2) is 91.0 Å². The second-order valence-corrected chi connectivity index (χ2v) is 9.08. The SMILES string of the molecule is CCN(CC)c1ccccc1CNc1ccc2c(c1)C1(OC(=O)c3ccccc31)c1ccccc1O2. The van der Waals surface area contributed by atoms with Crippen molar-refractivity contribution in [3.05, 3.63) is 119 Å². The van der Waals surface area contributed by atoms with E-state index in [4.69, 9.17) is 9.47 Å². The first kappa shape index (κ1) is 22.2. The molecule has 0 fully saturated rings. The monoisotopic (exact) mass is 476 g/mol. The van der Waals surface area contributed by atoms with Crippen molar-refractivity contribution in [3.63, 3.8) is 0 Å². The summed E-state index contributed by atoms with van der Waals surface area (Å²) in [6, 6.07) is 29.9. The summed E-state index contributed by atoms with van der Waals surface area (Å²) in [5.41, 5.74) is 5.44. The normalized spacial score (nSPS) is 17.0. The van der Waals surface area contributed by atoms with E-state index in [1.54, 1.807) is 0 Å². The highest BCUT2D eigenvalue weighted by Gasteiger charge is 2.53. The number of benzene rings is 4. The van der Waals surface area contributed by atoms with E-state index in [1.807, 2.05) is 60.7 Å². The lowest BCUT2D eigenvalue weighted by atomic mass is 9.77. The molecule has 0 bridgehead atoms. The third-order valence-electron chi connectivity index (χ3n) is 7.20. The molecule has 180 valence electrons. The van der Waals surface area contributed by atoms with Gasteiger partial charge in [0.2, 0.25) is 0 Å². The molecule has 1 unspecified atom stereocenters. The van der Waals surface area contributed by atoms with E-state index in [1.165, 1.54) is 11.3 Å². The number of fused-ring (bicyclic) bond motifs is 6. The molecule has 5 heteroatoms. The lowest BCUT2D eigenvalue weighted by Crippen LogP contribution is -2.33. The highest BCUT2D eigenvalue weighted by Crippen LogP contribution is 2.56. The highest BCUT2D eigenvalue weighted by atomic mass is 16.6. The van der Waals surface area contributed by atoms with Crippen molar-refractivity contribution in [2.75, 3.05) is 23.3 Å². The van der Waals surface area contributed by atoms with Gasteiger partial charge in [-0.2, -0.15) is 0 Å². The van der Waals surface area contributed by atoms with Gasteiger partial charge in [0.05, 0.1) is 5.56 Å². The second kappa shape index (κ2) is 8.76. The van der Waals surface area contributed by atoms with E-state index in [-0.39, 0.29) is 5.97 Å². The molecule has 5 nitrogen and oxygen atoms in total. The van der Waals surface area contributed by atoms with Crippen LogP contribution < -0.4 is 15.0 Å². The first-order valence-corrected chi connectivity index (χ1v) is 12.5. The Hall–Kier alpha value is -4.25. The van der Waals surface area contributed by atoms with Crippen LogP contribution in [-0.4, -0.2) is 19.1 Å². The predicted octanol–water partition coefficient (Wildman–Crippen LogP) is 6.71. The minimum Gasteiger partial charge on any atom is -0.456 e. The molecule has 0 saturated carbocycles. The molecule has 0 aliphatic carbocycles. The first-order valence-electron chi connectivity index (χ1n) is 12.5. The molecule has 4 aromatic rings. The Morgan fingerprint density at radius 1 is 0.778 bits per heavy atom. The molecule has 1 spiro atoms. The molecule has 0 radical (unpaired) electrons. The van der Waals surface area contributed by atoms with Crippen LogP contribution in [-0.2, 0) is 16.9 Å². The minimum atomic E-state index is -1.05. The minimum absolute atomic E-state index is 0.320. The summed E-state index contributed by atoms with van der Waals surface area (Å²) in [5, 5.41) is 3.60. The summed E-state index contributed by atoms with van der Waals surface area (Å²) < 4.78 is 12.5. The molecular weight excluding hydrogens is 448 g/mol. The molecule has 2 aliphatic heterocycles. The number of carbonyl (C=O) groups excluding carboxylic acids is 1. The quantitative estimate of drug-likeness (QED) is 0.313.